The molecule has 2 heterocycles. The van der Waals surface area contributed by atoms with Crippen LogP contribution in [0.15, 0.2) is 35.3 Å². The van der Waals surface area contributed by atoms with E-state index in [0.29, 0.717) is 12.1 Å². The lowest BCUT2D eigenvalue weighted by atomic mass is 9.84. The highest BCUT2D eigenvalue weighted by Crippen LogP contribution is 2.32. The molecule has 0 spiro atoms. The second-order valence-electron chi connectivity index (χ2n) is 15.5. The average Bonchev–Trinajstić information content (AvgIpc) is 3.07. The quantitative estimate of drug-likeness (QED) is 0.365. The SMILES string of the molecule is CCN(C1CCc2cc(-n3ccc(NC(=O)N4CCN(C(=O)C(C)(C)NC(=O)OC(C)(C)C)CC4)nc3=O)ccc2C1)[C@H]1CC[C@H](OC(N)=O)CC1. The minimum absolute atomic E-state index is 0.0860. The highest BCUT2D eigenvalue weighted by atomic mass is 16.6. The number of benzene rings is 1. The topological polar surface area (TPSA) is 181 Å². The first-order valence-electron chi connectivity index (χ1n) is 18.3. The van der Waals surface area contributed by atoms with Gasteiger partial charge in [0.05, 0.1) is 5.69 Å². The molecule has 1 saturated carbocycles. The number of rotatable bonds is 8. The van der Waals surface area contributed by atoms with Crippen molar-refractivity contribution in [1.29, 1.82) is 0 Å². The van der Waals surface area contributed by atoms with Gasteiger partial charge in [-0.15, -0.1) is 0 Å². The van der Waals surface area contributed by atoms with Crippen molar-refractivity contribution in [3.05, 3.63) is 52.1 Å². The Morgan fingerprint density at radius 3 is 2.21 bits per heavy atom. The first kappa shape index (κ1) is 38.6. The number of anilines is 1. The number of carbonyl (C=O) groups is 4. The molecule has 2 fully saturated rings. The number of nitrogens with one attached hydrogen (secondary N) is 2. The van der Waals surface area contributed by atoms with E-state index in [9.17, 15) is 24.0 Å². The van der Waals surface area contributed by atoms with Crippen molar-refractivity contribution in [2.75, 3.05) is 38.0 Å². The van der Waals surface area contributed by atoms with Crippen LogP contribution in [-0.2, 0) is 27.1 Å². The average molecular weight is 723 g/mol. The van der Waals surface area contributed by atoms with E-state index >= 15 is 0 Å². The van der Waals surface area contributed by atoms with Crippen LogP contribution in [-0.4, -0.2) is 110 Å². The van der Waals surface area contributed by atoms with Crippen molar-refractivity contribution in [2.45, 2.75) is 116 Å². The van der Waals surface area contributed by atoms with Gasteiger partial charge >= 0.3 is 23.9 Å². The number of nitrogens with two attached hydrogens (primary N) is 1. The summed E-state index contributed by atoms with van der Waals surface area (Å²) in [7, 11) is 0. The number of primary amides is 1. The lowest BCUT2D eigenvalue weighted by Gasteiger charge is -2.42. The van der Waals surface area contributed by atoms with E-state index < -0.39 is 35.0 Å². The van der Waals surface area contributed by atoms with E-state index in [0.717, 1.165) is 57.2 Å². The summed E-state index contributed by atoms with van der Waals surface area (Å²) >= 11 is 0. The number of ether oxygens (including phenoxy) is 2. The monoisotopic (exact) mass is 722 g/mol. The Labute approximate surface area is 305 Å². The molecule has 1 atom stereocenters. The number of alkyl carbamates (subject to hydrolysis) is 1. The maximum atomic E-state index is 13.2. The number of nitrogens with zero attached hydrogens (tertiary/aromatic N) is 5. The molecular weight excluding hydrogens is 668 g/mol. The van der Waals surface area contributed by atoms with Crippen LogP contribution < -0.4 is 22.1 Å². The molecule has 15 heteroatoms. The third-order valence-electron chi connectivity index (χ3n) is 10.1. The summed E-state index contributed by atoms with van der Waals surface area (Å²) in [5.41, 5.74) is 6.04. The molecule has 4 N–H and O–H groups in total. The van der Waals surface area contributed by atoms with Crippen LogP contribution in [0.1, 0.15) is 84.8 Å². The van der Waals surface area contributed by atoms with Crippen LogP contribution in [0.2, 0.25) is 0 Å². The largest absolute Gasteiger partial charge is 0.446 e. The van der Waals surface area contributed by atoms with E-state index in [2.05, 4.69) is 39.6 Å². The second-order valence-corrected chi connectivity index (χ2v) is 15.5. The van der Waals surface area contributed by atoms with Gasteiger partial charge in [0.2, 0.25) is 5.91 Å². The lowest BCUT2D eigenvalue weighted by molar-refractivity contribution is -0.138. The Hall–Kier alpha value is -4.66. The number of piperazine rings is 1. The van der Waals surface area contributed by atoms with Gasteiger partial charge in [0, 0.05) is 44.5 Å². The van der Waals surface area contributed by atoms with Crippen LogP contribution in [0, 0.1) is 0 Å². The maximum absolute atomic E-state index is 13.2. The highest BCUT2D eigenvalue weighted by molar-refractivity contribution is 5.90. The van der Waals surface area contributed by atoms with Gasteiger partial charge in [0.15, 0.2) is 0 Å². The second kappa shape index (κ2) is 15.9. The maximum Gasteiger partial charge on any atom is 0.408 e. The summed E-state index contributed by atoms with van der Waals surface area (Å²) in [6, 6.07) is 8.15. The molecule has 3 aliphatic rings. The molecule has 0 bridgehead atoms. The molecule has 2 aliphatic carbocycles. The van der Waals surface area contributed by atoms with E-state index in [1.54, 1.807) is 56.7 Å². The Balaban J connectivity index is 1.13. The predicted molar refractivity (Wildman–Crippen MR) is 195 cm³/mol. The minimum Gasteiger partial charge on any atom is -0.446 e. The Kier molecular flexibility index (Phi) is 11.8. The summed E-state index contributed by atoms with van der Waals surface area (Å²) in [6.45, 7) is 12.8. The molecule has 2 aromatic rings. The molecule has 0 radical (unpaired) electrons. The summed E-state index contributed by atoms with van der Waals surface area (Å²) in [4.78, 5) is 72.7. The zero-order chi connectivity index (χ0) is 37.8. The Morgan fingerprint density at radius 2 is 1.60 bits per heavy atom. The zero-order valence-corrected chi connectivity index (χ0v) is 31.3. The number of aryl methyl sites for hydroxylation is 1. The first-order chi connectivity index (χ1) is 24.5. The molecule has 1 unspecified atom stereocenters. The van der Waals surface area contributed by atoms with Gasteiger partial charge in [-0.2, -0.15) is 4.98 Å². The molecule has 5 amide bonds. The molecule has 5 rings (SSSR count). The minimum atomic E-state index is -1.19. The van der Waals surface area contributed by atoms with E-state index in [1.807, 2.05) is 6.07 Å². The molecule has 284 valence electrons. The van der Waals surface area contributed by atoms with E-state index in [1.165, 1.54) is 15.7 Å². The Bertz CT molecular complexity index is 1690. The highest BCUT2D eigenvalue weighted by Gasteiger charge is 2.37. The number of likely N-dealkylation sites (N-methyl/N-ethyl adjacent to an activating group) is 1. The summed E-state index contributed by atoms with van der Waals surface area (Å²) in [5, 5.41) is 5.35. The number of hydrogen-bond acceptors (Lipinski definition) is 9. The van der Waals surface area contributed by atoms with Crippen LogP contribution in [0.4, 0.5) is 20.2 Å². The fourth-order valence-electron chi connectivity index (χ4n) is 7.61. The molecule has 1 aliphatic heterocycles. The van der Waals surface area contributed by atoms with Gasteiger partial charge in [-0.3, -0.25) is 19.6 Å². The van der Waals surface area contributed by atoms with Crippen molar-refractivity contribution in [1.82, 2.24) is 29.6 Å². The van der Waals surface area contributed by atoms with Gasteiger partial charge in [0.1, 0.15) is 23.1 Å². The lowest BCUT2D eigenvalue weighted by Crippen LogP contribution is -2.60. The van der Waals surface area contributed by atoms with E-state index in [-0.39, 0.29) is 44.0 Å². The number of hydrogen-bond donors (Lipinski definition) is 3. The first-order valence-corrected chi connectivity index (χ1v) is 18.3. The molecule has 52 heavy (non-hydrogen) atoms. The standard InChI is InChI=1S/C37H54N8O7/c1-7-44(26-12-14-29(15-13-26)51-32(38)47)27-10-8-25-23-28(11-9-24(25)22-27)45-17-16-30(40-34(45)49)39-33(48)43-20-18-42(19-21-43)31(46)37(5,6)41-35(50)52-36(2,3)4/h9,11,16-17,23,26-27,29H,7-8,10,12-15,18-22H2,1-6H3,(H2,38,47)(H,41,50)(H,39,40,48,49)/t26-,27?,29-. The number of fused-ring (bicyclic) bond motifs is 1. The van der Waals surface area contributed by atoms with Crippen molar-refractivity contribution >= 4 is 29.9 Å². The Morgan fingerprint density at radius 1 is 0.923 bits per heavy atom. The molecule has 1 aromatic heterocycles. The van der Waals surface area contributed by atoms with Crippen LogP contribution in [0.5, 0.6) is 0 Å². The van der Waals surface area contributed by atoms with E-state index in [4.69, 9.17) is 15.2 Å². The molecule has 1 saturated heterocycles. The van der Waals surface area contributed by atoms with Gasteiger partial charge in [-0.1, -0.05) is 13.0 Å². The van der Waals surface area contributed by atoms with Crippen LogP contribution >= 0.6 is 0 Å². The summed E-state index contributed by atoms with van der Waals surface area (Å²) in [6.07, 6.45) is 6.63. The zero-order valence-electron chi connectivity index (χ0n) is 31.3. The van der Waals surface area contributed by atoms with Gasteiger partial charge in [-0.05, 0) is 115 Å². The van der Waals surface area contributed by atoms with Crippen molar-refractivity contribution in [2.24, 2.45) is 5.73 Å². The van der Waals surface area contributed by atoms with Gasteiger partial charge in [0.25, 0.3) is 0 Å². The van der Waals surface area contributed by atoms with Gasteiger partial charge < -0.3 is 30.3 Å². The van der Waals surface area contributed by atoms with Crippen molar-refractivity contribution in [3.63, 3.8) is 0 Å². The van der Waals surface area contributed by atoms with Crippen molar-refractivity contribution < 1.29 is 28.7 Å². The molecule has 15 nitrogen and oxygen atoms in total. The third-order valence-corrected chi connectivity index (χ3v) is 10.1. The third kappa shape index (κ3) is 9.60. The number of urea groups is 1. The van der Waals surface area contributed by atoms with Crippen LogP contribution in [0.3, 0.4) is 0 Å². The number of carbonyl (C=O) groups excluding carboxylic acids is 4. The predicted octanol–water partition coefficient (Wildman–Crippen LogP) is 3.80. The normalized spacial score (nSPS) is 20.9. The molecule has 1 aromatic carbocycles. The van der Waals surface area contributed by atoms with Crippen molar-refractivity contribution in [3.8, 4) is 5.69 Å². The smallest absolute Gasteiger partial charge is 0.408 e. The number of aromatic nitrogens is 2. The fraction of sp³-hybridized carbons (Fsp3) is 0.622. The summed E-state index contributed by atoms with van der Waals surface area (Å²) < 4.78 is 12.0. The summed E-state index contributed by atoms with van der Waals surface area (Å²) in [5.74, 6) is -0.135. The van der Waals surface area contributed by atoms with Crippen LogP contribution in [0.25, 0.3) is 5.69 Å². The molecular formula is C37H54N8O7. The van der Waals surface area contributed by atoms with Gasteiger partial charge in [-0.25, -0.2) is 19.2 Å². The fourth-order valence-corrected chi connectivity index (χ4v) is 7.61. The number of amides is 5.